The molecular formula is C19H19N7OS. The van der Waals surface area contributed by atoms with E-state index in [-0.39, 0.29) is 0 Å². The predicted molar refractivity (Wildman–Crippen MR) is 109 cm³/mol. The minimum Gasteiger partial charge on any atom is -0.360 e. The van der Waals surface area contributed by atoms with Gasteiger partial charge < -0.3 is 14.7 Å². The Morgan fingerprint density at radius 1 is 1.21 bits per heavy atom. The Labute approximate surface area is 165 Å². The molecule has 0 spiro atoms. The molecule has 9 heteroatoms. The molecule has 1 N–H and O–H groups in total. The largest absolute Gasteiger partial charge is 0.360 e. The van der Waals surface area contributed by atoms with Gasteiger partial charge in [0.25, 0.3) is 5.95 Å². The SMILES string of the molecule is CN(C)c1noc(CNc2nc(-c3cccnc3)nc3sc4c(c23)CCC4)n1. The third-order valence-electron chi connectivity index (χ3n) is 4.75. The van der Waals surface area contributed by atoms with E-state index < -0.39 is 0 Å². The second-order valence-electron chi connectivity index (χ2n) is 6.91. The van der Waals surface area contributed by atoms with E-state index in [0.717, 1.165) is 34.4 Å². The number of nitrogens with one attached hydrogen (secondary N) is 1. The molecule has 0 aliphatic heterocycles. The van der Waals surface area contributed by atoms with Gasteiger partial charge in [0.05, 0.1) is 11.9 Å². The van der Waals surface area contributed by atoms with Crippen LogP contribution in [0.4, 0.5) is 11.8 Å². The van der Waals surface area contributed by atoms with Crippen molar-refractivity contribution in [2.45, 2.75) is 25.8 Å². The molecule has 4 aromatic heterocycles. The number of anilines is 2. The summed E-state index contributed by atoms with van der Waals surface area (Å²) in [5.41, 5.74) is 2.27. The molecule has 8 nitrogen and oxygen atoms in total. The Morgan fingerprint density at radius 3 is 2.93 bits per heavy atom. The van der Waals surface area contributed by atoms with Crippen LogP contribution >= 0.6 is 11.3 Å². The van der Waals surface area contributed by atoms with Crippen molar-refractivity contribution >= 4 is 33.3 Å². The van der Waals surface area contributed by atoms with Crippen molar-refractivity contribution in [3.05, 3.63) is 40.9 Å². The van der Waals surface area contributed by atoms with Crippen molar-refractivity contribution in [2.24, 2.45) is 0 Å². The van der Waals surface area contributed by atoms with Gasteiger partial charge in [-0.05, 0) is 42.1 Å². The summed E-state index contributed by atoms with van der Waals surface area (Å²) >= 11 is 1.77. The smallest absolute Gasteiger partial charge is 0.265 e. The summed E-state index contributed by atoms with van der Waals surface area (Å²) in [5.74, 6) is 2.55. The maximum absolute atomic E-state index is 5.33. The third-order valence-corrected chi connectivity index (χ3v) is 5.93. The molecule has 4 aromatic rings. The first-order valence-electron chi connectivity index (χ1n) is 9.15. The molecule has 0 fully saturated rings. The molecule has 0 radical (unpaired) electrons. The van der Waals surface area contributed by atoms with Crippen molar-refractivity contribution in [2.75, 3.05) is 24.3 Å². The highest BCUT2D eigenvalue weighted by Crippen LogP contribution is 2.40. The predicted octanol–water partition coefficient (Wildman–Crippen LogP) is 3.30. The number of hydrogen-bond donors (Lipinski definition) is 1. The molecule has 28 heavy (non-hydrogen) atoms. The Morgan fingerprint density at radius 2 is 2.14 bits per heavy atom. The Bertz CT molecular complexity index is 1140. The fourth-order valence-electron chi connectivity index (χ4n) is 3.41. The first-order chi connectivity index (χ1) is 13.7. The lowest BCUT2D eigenvalue weighted by Crippen LogP contribution is -2.10. The van der Waals surface area contributed by atoms with Crippen molar-refractivity contribution in [3.8, 4) is 11.4 Å². The summed E-state index contributed by atoms with van der Waals surface area (Å²) in [6, 6.07) is 3.87. The zero-order valence-electron chi connectivity index (χ0n) is 15.6. The van der Waals surface area contributed by atoms with Crippen LogP contribution in [0.1, 0.15) is 22.8 Å². The van der Waals surface area contributed by atoms with Crippen molar-refractivity contribution < 1.29 is 4.52 Å². The number of aryl methyl sites for hydroxylation is 2. The summed E-state index contributed by atoms with van der Waals surface area (Å²) in [4.78, 5) is 22.5. The molecule has 5 rings (SSSR count). The molecular weight excluding hydrogens is 374 g/mol. The lowest BCUT2D eigenvalue weighted by molar-refractivity contribution is 0.383. The van der Waals surface area contributed by atoms with E-state index >= 15 is 0 Å². The lowest BCUT2D eigenvalue weighted by Gasteiger charge is -2.09. The van der Waals surface area contributed by atoms with Gasteiger partial charge in [0.1, 0.15) is 10.6 Å². The van der Waals surface area contributed by atoms with Crippen LogP contribution in [0.5, 0.6) is 0 Å². The number of fused-ring (bicyclic) bond motifs is 3. The standard InChI is InChI=1S/C19H19N7OS/c1-26(2)19-22-14(27-25-19)10-21-17-15-12-6-3-7-13(12)28-18(15)24-16(23-17)11-5-4-8-20-9-11/h4-5,8-9H,3,6-7,10H2,1-2H3,(H,21,23,24). The van der Waals surface area contributed by atoms with Gasteiger partial charge in [0, 0.05) is 36.9 Å². The number of pyridine rings is 1. The van der Waals surface area contributed by atoms with E-state index in [1.807, 2.05) is 31.1 Å². The fraction of sp³-hybridized carbons (Fsp3) is 0.316. The first-order valence-corrected chi connectivity index (χ1v) is 9.97. The normalized spacial score (nSPS) is 13.1. The van der Waals surface area contributed by atoms with Gasteiger partial charge in [0.2, 0.25) is 5.89 Å². The van der Waals surface area contributed by atoms with E-state index in [1.165, 1.54) is 16.9 Å². The Hall–Kier alpha value is -3.07. The molecule has 0 unspecified atom stereocenters. The minimum atomic E-state index is 0.407. The van der Waals surface area contributed by atoms with E-state index in [2.05, 4.69) is 20.4 Å². The number of thiophene rings is 1. The molecule has 1 aliphatic carbocycles. The van der Waals surface area contributed by atoms with E-state index in [1.54, 1.807) is 23.7 Å². The summed E-state index contributed by atoms with van der Waals surface area (Å²) in [6.45, 7) is 0.407. The average Bonchev–Trinajstić information content (AvgIpc) is 3.42. The van der Waals surface area contributed by atoms with Gasteiger partial charge >= 0.3 is 0 Å². The first kappa shape index (κ1) is 17.1. The monoisotopic (exact) mass is 393 g/mol. The van der Waals surface area contributed by atoms with Crippen LogP contribution in [0.3, 0.4) is 0 Å². The van der Waals surface area contributed by atoms with Crippen molar-refractivity contribution in [3.63, 3.8) is 0 Å². The topological polar surface area (TPSA) is 92.9 Å². The third kappa shape index (κ3) is 2.97. The van der Waals surface area contributed by atoms with E-state index in [0.29, 0.717) is 24.2 Å². The maximum atomic E-state index is 5.33. The van der Waals surface area contributed by atoms with Crippen molar-refractivity contribution in [1.29, 1.82) is 0 Å². The summed E-state index contributed by atoms with van der Waals surface area (Å²) in [5, 5.41) is 8.49. The summed E-state index contributed by atoms with van der Waals surface area (Å²) < 4.78 is 5.33. The van der Waals surface area contributed by atoms with Gasteiger partial charge in [-0.25, -0.2) is 9.97 Å². The zero-order chi connectivity index (χ0) is 19.1. The minimum absolute atomic E-state index is 0.407. The molecule has 0 bridgehead atoms. The zero-order valence-corrected chi connectivity index (χ0v) is 16.5. The second kappa shape index (κ2) is 6.83. The quantitative estimate of drug-likeness (QED) is 0.552. The van der Waals surface area contributed by atoms with Gasteiger partial charge in [-0.3, -0.25) is 4.98 Å². The number of hydrogen-bond acceptors (Lipinski definition) is 9. The summed E-state index contributed by atoms with van der Waals surface area (Å²) in [6.07, 6.45) is 6.92. The van der Waals surface area contributed by atoms with Gasteiger partial charge in [0.15, 0.2) is 5.82 Å². The van der Waals surface area contributed by atoms with E-state index in [4.69, 9.17) is 14.5 Å². The average molecular weight is 393 g/mol. The van der Waals surface area contributed by atoms with Crippen LogP contribution in [0.25, 0.3) is 21.6 Å². The molecule has 1 aliphatic rings. The molecule has 0 saturated carbocycles. The summed E-state index contributed by atoms with van der Waals surface area (Å²) in [7, 11) is 3.76. The van der Waals surface area contributed by atoms with Crippen LogP contribution in [0.2, 0.25) is 0 Å². The molecule has 0 amide bonds. The van der Waals surface area contributed by atoms with Gasteiger partial charge in [-0.15, -0.1) is 11.3 Å². The highest BCUT2D eigenvalue weighted by molar-refractivity contribution is 7.19. The lowest BCUT2D eigenvalue weighted by atomic mass is 10.2. The molecule has 142 valence electrons. The maximum Gasteiger partial charge on any atom is 0.265 e. The van der Waals surface area contributed by atoms with E-state index in [9.17, 15) is 0 Å². The number of aromatic nitrogens is 5. The fourth-order valence-corrected chi connectivity index (χ4v) is 4.67. The molecule has 4 heterocycles. The number of rotatable bonds is 5. The molecule has 0 atom stereocenters. The highest BCUT2D eigenvalue weighted by Gasteiger charge is 2.23. The van der Waals surface area contributed by atoms with Crippen LogP contribution in [-0.2, 0) is 19.4 Å². The van der Waals surface area contributed by atoms with Gasteiger partial charge in [-0.2, -0.15) is 4.98 Å². The van der Waals surface area contributed by atoms with Crippen LogP contribution in [-0.4, -0.2) is 39.2 Å². The number of nitrogens with zero attached hydrogens (tertiary/aromatic N) is 6. The molecule has 0 saturated heterocycles. The van der Waals surface area contributed by atoms with Gasteiger partial charge in [-0.1, -0.05) is 0 Å². The van der Waals surface area contributed by atoms with Crippen LogP contribution < -0.4 is 10.2 Å². The van der Waals surface area contributed by atoms with Crippen molar-refractivity contribution in [1.82, 2.24) is 25.1 Å². The Balaban J connectivity index is 1.55. The van der Waals surface area contributed by atoms with Crippen LogP contribution in [0, 0.1) is 0 Å². The Kier molecular flexibility index (Phi) is 4.16. The van der Waals surface area contributed by atoms with Crippen LogP contribution in [0.15, 0.2) is 29.0 Å². The second-order valence-corrected chi connectivity index (χ2v) is 7.99. The highest BCUT2D eigenvalue weighted by atomic mass is 32.1. The molecule has 0 aromatic carbocycles.